The lowest BCUT2D eigenvalue weighted by Gasteiger charge is -2.43. The summed E-state index contributed by atoms with van der Waals surface area (Å²) in [6.07, 6.45) is 13.7. The Hall–Kier alpha value is -0.0800. The van der Waals surface area contributed by atoms with Crippen LogP contribution >= 0.6 is 0 Å². The third-order valence-electron chi connectivity index (χ3n) is 4.75. The summed E-state index contributed by atoms with van der Waals surface area (Å²) in [5.41, 5.74) is 6.50. The fourth-order valence-corrected chi connectivity index (χ4v) is 3.50. The van der Waals surface area contributed by atoms with Gasteiger partial charge in [-0.05, 0) is 32.4 Å². The fraction of sp³-hybridized carbons (Fsp3) is 1.00. The van der Waals surface area contributed by atoms with Crippen molar-refractivity contribution in [3.05, 3.63) is 0 Å². The normalized spacial score (nSPS) is 20.0. The predicted octanol–water partition coefficient (Wildman–Crippen LogP) is 3.94. The molecule has 1 aliphatic rings. The maximum absolute atomic E-state index is 6.17. The van der Waals surface area contributed by atoms with Crippen molar-refractivity contribution in [1.82, 2.24) is 4.90 Å². The zero-order valence-electron chi connectivity index (χ0n) is 12.7. The molecule has 0 aromatic carbocycles. The Balaban J connectivity index is 2.51. The summed E-state index contributed by atoms with van der Waals surface area (Å²) < 4.78 is 0. The molecule has 108 valence electrons. The van der Waals surface area contributed by atoms with Gasteiger partial charge in [-0.15, -0.1) is 0 Å². The maximum Gasteiger partial charge on any atom is 0.0331 e. The molecule has 0 aromatic heterocycles. The second-order valence-electron chi connectivity index (χ2n) is 5.98. The first-order valence-electron chi connectivity index (χ1n) is 8.24. The summed E-state index contributed by atoms with van der Waals surface area (Å²) in [6, 6.07) is 0. The van der Waals surface area contributed by atoms with E-state index in [0.29, 0.717) is 5.54 Å². The van der Waals surface area contributed by atoms with Gasteiger partial charge in [-0.25, -0.2) is 0 Å². The predicted molar refractivity (Wildman–Crippen MR) is 80.9 cm³/mol. The maximum atomic E-state index is 6.17. The third-order valence-corrected chi connectivity index (χ3v) is 4.75. The first-order chi connectivity index (χ1) is 8.79. The summed E-state index contributed by atoms with van der Waals surface area (Å²) in [5, 5.41) is 0. The second kappa shape index (κ2) is 8.92. The molecule has 2 N–H and O–H groups in total. The fourth-order valence-electron chi connectivity index (χ4n) is 3.50. The van der Waals surface area contributed by atoms with Gasteiger partial charge in [0.05, 0.1) is 0 Å². The van der Waals surface area contributed by atoms with Crippen LogP contribution in [-0.2, 0) is 0 Å². The number of unbranched alkanes of at least 4 members (excludes halogenated alkanes) is 3. The molecule has 2 heteroatoms. The monoisotopic (exact) mass is 254 g/mol. The van der Waals surface area contributed by atoms with Crippen LogP contribution in [0.3, 0.4) is 0 Å². The lowest BCUT2D eigenvalue weighted by atomic mass is 9.87. The average Bonchev–Trinajstić information content (AvgIpc) is 2.65. The SMILES string of the molecule is CCCCCCN(CC)C1(CN)CCCCCC1. The van der Waals surface area contributed by atoms with E-state index in [0.717, 1.165) is 6.54 Å². The summed E-state index contributed by atoms with van der Waals surface area (Å²) in [6.45, 7) is 7.87. The first kappa shape index (κ1) is 16.0. The summed E-state index contributed by atoms with van der Waals surface area (Å²) in [4.78, 5) is 2.70. The van der Waals surface area contributed by atoms with Crippen LogP contribution in [0.25, 0.3) is 0 Å². The number of hydrogen-bond acceptors (Lipinski definition) is 2. The highest BCUT2D eigenvalue weighted by Crippen LogP contribution is 2.32. The van der Waals surface area contributed by atoms with Gasteiger partial charge < -0.3 is 5.73 Å². The summed E-state index contributed by atoms with van der Waals surface area (Å²) >= 11 is 0. The van der Waals surface area contributed by atoms with Gasteiger partial charge in [-0.2, -0.15) is 0 Å². The number of hydrogen-bond donors (Lipinski definition) is 1. The van der Waals surface area contributed by atoms with E-state index in [1.807, 2.05) is 0 Å². The molecule has 0 spiro atoms. The Bertz CT molecular complexity index is 195. The Morgan fingerprint density at radius 1 is 0.944 bits per heavy atom. The van der Waals surface area contributed by atoms with Gasteiger partial charge >= 0.3 is 0 Å². The van der Waals surface area contributed by atoms with Crippen LogP contribution < -0.4 is 5.73 Å². The third kappa shape index (κ3) is 4.55. The largest absolute Gasteiger partial charge is 0.329 e. The molecule has 1 aliphatic carbocycles. The Morgan fingerprint density at radius 3 is 2.11 bits per heavy atom. The summed E-state index contributed by atoms with van der Waals surface area (Å²) in [5.74, 6) is 0. The molecule has 2 nitrogen and oxygen atoms in total. The van der Waals surface area contributed by atoms with Gasteiger partial charge in [0.1, 0.15) is 0 Å². The van der Waals surface area contributed by atoms with Crippen LogP contribution in [-0.4, -0.2) is 30.1 Å². The Kier molecular flexibility index (Phi) is 7.92. The number of nitrogens with zero attached hydrogens (tertiary/aromatic N) is 1. The minimum atomic E-state index is 0.331. The number of nitrogens with two attached hydrogens (primary N) is 1. The average molecular weight is 254 g/mol. The summed E-state index contributed by atoms with van der Waals surface area (Å²) in [7, 11) is 0. The number of likely N-dealkylation sites (N-methyl/N-ethyl adjacent to an activating group) is 1. The van der Waals surface area contributed by atoms with E-state index >= 15 is 0 Å². The minimum Gasteiger partial charge on any atom is -0.329 e. The highest BCUT2D eigenvalue weighted by atomic mass is 15.2. The van der Waals surface area contributed by atoms with Crippen LogP contribution in [0.1, 0.15) is 78.1 Å². The first-order valence-corrected chi connectivity index (χ1v) is 8.24. The van der Waals surface area contributed by atoms with E-state index in [2.05, 4.69) is 18.7 Å². The van der Waals surface area contributed by atoms with Crippen molar-refractivity contribution in [2.45, 2.75) is 83.6 Å². The van der Waals surface area contributed by atoms with Crippen molar-refractivity contribution in [2.24, 2.45) is 5.73 Å². The van der Waals surface area contributed by atoms with E-state index in [1.54, 1.807) is 0 Å². The van der Waals surface area contributed by atoms with Crippen molar-refractivity contribution < 1.29 is 0 Å². The van der Waals surface area contributed by atoms with E-state index in [9.17, 15) is 0 Å². The van der Waals surface area contributed by atoms with Crippen molar-refractivity contribution >= 4 is 0 Å². The smallest absolute Gasteiger partial charge is 0.0331 e. The van der Waals surface area contributed by atoms with Gasteiger partial charge in [0.2, 0.25) is 0 Å². The van der Waals surface area contributed by atoms with Crippen LogP contribution in [0.5, 0.6) is 0 Å². The van der Waals surface area contributed by atoms with Crippen molar-refractivity contribution in [2.75, 3.05) is 19.6 Å². The highest BCUT2D eigenvalue weighted by Gasteiger charge is 2.34. The van der Waals surface area contributed by atoms with E-state index in [1.165, 1.54) is 77.3 Å². The molecule has 1 saturated carbocycles. The van der Waals surface area contributed by atoms with Crippen LogP contribution in [0.2, 0.25) is 0 Å². The van der Waals surface area contributed by atoms with E-state index < -0.39 is 0 Å². The molecule has 18 heavy (non-hydrogen) atoms. The van der Waals surface area contributed by atoms with Gasteiger partial charge in [0.25, 0.3) is 0 Å². The molecule has 0 bridgehead atoms. The number of rotatable bonds is 8. The minimum absolute atomic E-state index is 0.331. The molecule has 0 aromatic rings. The lowest BCUT2D eigenvalue weighted by Crippen LogP contribution is -2.53. The van der Waals surface area contributed by atoms with Crippen molar-refractivity contribution in [1.29, 1.82) is 0 Å². The van der Waals surface area contributed by atoms with Crippen molar-refractivity contribution in [3.63, 3.8) is 0 Å². The van der Waals surface area contributed by atoms with E-state index in [4.69, 9.17) is 5.73 Å². The molecule has 0 heterocycles. The molecular weight excluding hydrogens is 220 g/mol. The molecular formula is C16H34N2. The van der Waals surface area contributed by atoms with Gasteiger partial charge in [0.15, 0.2) is 0 Å². The molecule has 0 aliphatic heterocycles. The second-order valence-corrected chi connectivity index (χ2v) is 5.98. The molecule has 0 unspecified atom stereocenters. The highest BCUT2D eigenvalue weighted by molar-refractivity contribution is 4.92. The van der Waals surface area contributed by atoms with Crippen molar-refractivity contribution in [3.8, 4) is 0 Å². The van der Waals surface area contributed by atoms with Crippen LogP contribution in [0, 0.1) is 0 Å². The molecule has 1 rings (SSSR count). The Labute approximate surface area is 114 Å². The van der Waals surface area contributed by atoms with Gasteiger partial charge in [-0.1, -0.05) is 58.8 Å². The van der Waals surface area contributed by atoms with Gasteiger partial charge in [0, 0.05) is 12.1 Å². The zero-order chi connectivity index (χ0) is 13.3. The topological polar surface area (TPSA) is 29.3 Å². The standard InChI is InChI=1S/C16H34N2/c1-3-5-6-11-14-18(4-2)16(15-17)12-9-7-8-10-13-16/h3-15,17H2,1-2H3. The lowest BCUT2D eigenvalue weighted by molar-refractivity contribution is 0.0814. The van der Waals surface area contributed by atoms with Crippen LogP contribution in [0.4, 0.5) is 0 Å². The molecule has 0 radical (unpaired) electrons. The van der Waals surface area contributed by atoms with Crippen LogP contribution in [0.15, 0.2) is 0 Å². The molecule has 1 fully saturated rings. The molecule has 0 atom stereocenters. The quantitative estimate of drug-likeness (QED) is 0.525. The van der Waals surface area contributed by atoms with Gasteiger partial charge in [-0.3, -0.25) is 4.90 Å². The molecule has 0 amide bonds. The Morgan fingerprint density at radius 2 is 1.61 bits per heavy atom. The molecule has 0 saturated heterocycles. The zero-order valence-corrected chi connectivity index (χ0v) is 12.7. The van der Waals surface area contributed by atoms with E-state index in [-0.39, 0.29) is 0 Å².